The SMILES string of the molecule is CC(N)=N/C=C\c1[nH]c2ncccc2c1-c1ccnc(N)n1. The summed E-state index contributed by atoms with van der Waals surface area (Å²) in [6, 6.07) is 5.65. The van der Waals surface area contributed by atoms with E-state index in [4.69, 9.17) is 11.5 Å². The number of nitrogens with one attached hydrogen (secondary N) is 1. The van der Waals surface area contributed by atoms with Gasteiger partial charge < -0.3 is 16.5 Å². The van der Waals surface area contributed by atoms with Gasteiger partial charge >= 0.3 is 0 Å². The molecule has 0 fully saturated rings. The number of amidine groups is 1. The lowest BCUT2D eigenvalue weighted by Crippen LogP contribution is -2.03. The molecule has 3 rings (SSSR count). The number of aliphatic imine (C=N–C) groups is 1. The van der Waals surface area contributed by atoms with Gasteiger partial charge in [-0.15, -0.1) is 0 Å². The van der Waals surface area contributed by atoms with Crippen LogP contribution >= 0.6 is 0 Å². The highest BCUT2D eigenvalue weighted by molar-refractivity contribution is 5.97. The number of fused-ring (bicyclic) bond motifs is 1. The first kappa shape index (κ1) is 13.7. The van der Waals surface area contributed by atoms with Crippen LogP contribution in [0.1, 0.15) is 12.6 Å². The number of hydrogen-bond donors (Lipinski definition) is 3. The van der Waals surface area contributed by atoms with Crippen LogP contribution in [0.4, 0.5) is 5.95 Å². The van der Waals surface area contributed by atoms with Crippen molar-refractivity contribution >= 4 is 28.9 Å². The van der Waals surface area contributed by atoms with Crippen LogP contribution < -0.4 is 11.5 Å². The maximum absolute atomic E-state index is 5.69. The molecule has 0 spiro atoms. The Hall–Kier alpha value is -3.22. The lowest BCUT2D eigenvalue weighted by Gasteiger charge is -2.01. The Morgan fingerprint density at radius 2 is 2.14 bits per heavy atom. The van der Waals surface area contributed by atoms with Crippen LogP contribution in [0.2, 0.25) is 0 Å². The van der Waals surface area contributed by atoms with Crippen molar-refractivity contribution in [1.82, 2.24) is 19.9 Å². The zero-order valence-corrected chi connectivity index (χ0v) is 12.0. The molecule has 0 unspecified atom stereocenters. The zero-order chi connectivity index (χ0) is 15.5. The molecule has 0 amide bonds. The van der Waals surface area contributed by atoms with Gasteiger partial charge in [-0.2, -0.15) is 0 Å². The van der Waals surface area contributed by atoms with Crippen LogP contribution in [0.15, 0.2) is 41.8 Å². The monoisotopic (exact) mass is 293 g/mol. The molecule has 0 bridgehead atoms. The van der Waals surface area contributed by atoms with E-state index in [0.29, 0.717) is 5.84 Å². The van der Waals surface area contributed by atoms with Crippen molar-refractivity contribution in [2.24, 2.45) is 10.7 Å². The third-order valence-electron chi connectivity index (χ3n) is 3.05. The van der Waals surface area contributed by atoms with E-state index in [2.05, 4.69) is 24.9 Å². The zero-order valence-electron chi connectivity index (χ0n) is 12.0. The van der Waals surface area contributed by atoms with Crippen molar-refractivity contribution < 1.29 is 0 Å². The number of anilines is 1. The van der Waals surface area contributed by atoms with Crippen LogP contribution in [-0.4, -0.2) is 25.8 Å². The minimum absolute atomic E-state index is 0.224. The number of nitrogen functional groups attached to an aromatic ring is 1. The first-order valence-corrected chi connectivity index (χ1v) is 6.67. The fourth-order valence-electron chi connectivity index (χ4n) is 2.19. The molecule has 0 saturated heterocycles. The van der Waals surface area contributed by atoms with Crippen molar-refractivity contribution in [2.45, 2.75) is 6.92 Å². The number of aromatic nitrogens is 4. The van der Waals surface area contributed by atoms with Crippen LogP contribution in [-0.2, 0) is 0 Å². The Kier molecular flexibility index (Phi) is 3.53. The number of H-pyrrole nitrogens is 1. The molecule has 7 nitrogen and oxygen atoms in total. The first-order valence-electron chi connectivity index (χ1n) is 6.67. The van der Waals surface area contributed by atoms with Gasteiger partial charge in [-0.05, 0) is 31.2 Å². The number of nitrogens with two attached hydrogens (primary N) is 2. The van der Waals surface area contributed by atoms with Crippen molar-refractivity contribution in [1.29, 1.82) is 0 Å². The number of pyridine rings is 1. The molecule has 110 valence electrons. The van der Waals surface area contributed by atoms with E-state index in [1.807, 2.05) is 18.2 Å². The Balaban J connectivity index is 2.21. The maximum atomic E-state index is 5.69. The Bertz CT molecular complexity index is 872. The lowest BCUT2D eigenvalue weighted by molar-refractivity contribution is 1.19. The molecule has 7 heteroatoms. The molecule has 0 aromatic carbocycles. The van der Waals surface area contributed by atoms with E-state index in [1.165, 1.54) is 0 Å². The largest absolute Gasteiger partial charge is 0.387 e. The van der Waals surface area contributed by atoms with Gasteiger partial charge in [-0.3, -0.25) is 0 Å². The van der Waals surface area contributed by atoms with E-state index >= 15 is 0 Å². The van der Waals surface area contributed by atoms with E-state index < -0.39 is 0 Å². The molecule has 0 aliphatic heterocycles. The van der Waals surface area contributed by atoms with Gasteiger partial charge in [0, 0.05) is 29.5 Å². The molecule has 0 aliphatic rings. The minimum atomic E-state index is 0.224. The average molecular weight is 293 g/mol. The van der Waals surface area contributed by atoms with Gasteiger partial charge in [0.15, 0.2) is 0 Å². The standard InChI is InChI=1S/C15H15N7/c1-9(16)18-7-4-11-13(12-5-8-20-15(17)22-12)10-3-2-6-19-14(10)21-11/h2-8H,1H3,(H2,16,18)(H,19,21)(H2,17,20,22)/b7-4-. The highest BCUT2D eigenvalue weighted by Crippen LogP contribution is 2.31. The summed E-state index contributed by atoms with van der Waals surface area (Å²) in [4.78, 5) is 19.9. The average Bonchev–Trinajstić information content (AvgIpc) is 2.85. The summed E-state index contributed by atoms with van der Waals surface area (Å²) in [5.74, 6) is 0.708. The van der Waals surface area contributed by atoms with Crippen molar-refractivity contribution in [2.75, 3.05) is 5.73 Å². The Morgan fingerprint density at radius 1 is 1.27 bits per heavy atom. The van der Waals surface area contributed by atoms with E-state index in [9.17, 15) is 0 Å². The highest BCUT2D eigenvalue weighted by atomic mass is 15.0. The van der Waals surface area contributed by atoms with E-state index in [0.717, 1.165) is 28.0 Å². The highest BCUT2D eigenvalue weighted by Gasteiger charge is 2.13. The van der Waals surface area contributed by atoms with E-state index in [-0.39, 0.29) is 5.95 Å². The molecule has 3 aromatic heterocycles. The fraction of sp³-hybridized carbons (Fsp3) is 0.0667. The topological polar surface area (TPSA) is 119 Å². The summed E-state index contributed by atoms with van der Waals surface area (Å²) in [5.41, 5.74) is 14.5. The second kappa shape index (κ2) is 5.65. The second-order valence-electron chi connectivity index (χ2n) is 4.70. The third-order valence-corrected chi connectivity index (χ3v) is 3.05. The quantitative estimate of drug-likeness (QED) is 0.503. The van der Waals surface area contributed by atoms with Gasteiger partial charge in [-0.1, -0.05) is 0 Å². The van der Waals surface area contributed by atoms with Crippen LogP contribution in [0, 0.1) is 0 Å². The van der Waals surface area contributed by atoms with Crippen LogP contribution in [0.25, 0.3) is 28.4 Å². The summed E-state index contributed by atoms with van der Waals surface area (Å²) in [5, 5.41) is 0.953. The molecule has 0 atom stereocenters. The normalized spacial score (nSPS) is 12.3. The Morgan fingerprint density at radius 3 is 2.91 bits per heavy atom. The van der Waals surface area contributed by atoms with Gasteiger partial charge in [-0.25, -0.2) is 19.9 Å². The number of rotatable bonds is 3. The smallest absolute Gasteiger partial charge is 0.220 e. The van der Waals surface area contributed by atoms with Gasteiger partial charge in [0.25, 0.3) is 0 Å². The van der Waals surface area contributed by atoms with Gasteiger partial charge in [0.05, 0.1) is 17.2 Å². The summed E-state index contributed by atoms with van der Waals surface area (Å²) in [6.07, 6.45) is 6.81. The molecule has 5 N–H and O–H groups in total. The molecule has 3 aromatic rings. The molecule has 0 aliphatic carbocycles. The molecule has 22 heavy (non-hydrogen) atoms. The predicted molar refractivity (Wildman–Crippen MR) is 87.9 cm³/mol. The van der Waals surface area contributed by atoms with Gasteiger partial charge in [0.2, 0.25) is 5.95 Å². The molecular weight excluding hydrogens is 278 g/mol. The van der Waals surface area contributed by atoms with Gasteiger partial charge in [0.1, 0.15) is 5.65 Å². The van der Waals surface area contributed by atoms with Crippen molar-refractivity contribution in [3.05, 3.63) is 42.5 Å². The molecule has 3 heterocycles. The van der Waals surface area contributed by atoms with Crippen LogP contribution in [0.3, 0.4) is 0 Å². The summed E-state index contributed by atoms with van der Waals surface area (Å²) < 4.78 is 0. The first-order chi connectivity index (χ1) is 10.6. The molecular formula is C15H15N7. The molecule has 0 radical (unpaired) electrons. The summed E-state index contributed by atoms with van der Waals surface area (Å²) in [6.45, 7) is 1.73. The third kappa shape index (κ3) is 2.64. The Labute approximate surface area is 126 Å². The van der Waals surface area contributed by atoms with Crippen molar-refractivity contribution in [3.63, 3.8) is 0 Å². The number of aromatic amines is 1. The minimum Gasteiger partial charge on any atom is -0.387 e. The number of hydrogen-bond acceptors (Lipinski definition) is 5. The number of nitrogens with zero attached hydrogens (tertiary/aromatic N) is 4. The van der Waals surface area contributed by atoms with Crippen molar-refractivity contribution in [3.8, 4) is 11.3 Å². The van der Waals surface area contributed by atoms with E-state index in [1.54, 1.807) is 31.6 Å². The summed E-state index contributed by atoms with van der Waals surface area (Å²) in [7, 11) is 0. The molecule has 0 saturated carbocycles. The second-order valence-corrected chi connectivity index (χ2v) is 4.70. The van der Waals surface area contributed by atoms with Crippen LogP contribution in [0.5, 0.6) is 0 Å². The fourth-order valence-corrected chi connectivity index (χ4v) is 2.19. The predicted octanol–water partition coefficient (Wildman–Crippen LogP) is 1.95. The summed E-state index contributed by atoms with van der Waals surface area (Å²) >= 11 is 0. The lowest BCUT2D eigenvalue weighted by atomic mass is 10.1. The maximum Gasteiger partial charge on any atom is 0.220 e.